The summed E-state index contributed by atoms with van der Waals surface area (Å²) in [7, 11) is 0. The van der Waals surface area contributed by atoms with Crippen LogP contribution in [-0.2, 0) is 23.7 Å². The first-order chi connectivity index (χ1) is 30.6. The lowest BCUT2D eigenvalue weighted by molar-refractivity contribution is -0.379. The van der Waals surface area contributed by atoms with Crippen molar-refractivity contribution in [2.75, 3.05) is 26.4 Å². The summed E-state index contributed by atoms with van der Waals surface area (Å²) in [6.45, 7) is 11.2. The predicted molar refractivity (Wildman–Crippen MR) is 231 cm³/mol. The Morgan fingerprint density at radius 1 is 0.692 bits per heavy atom. The van der Waals surface area contributed by atoms with Crippen molar-refractivity contribution in [1.29, 1.82) is 0 Å². The van der Waals surface area contributed by atoms with Crippen LogP contribution in [0.1, 0.15) is 103 Å². The molecular formula is C49H74O16. The van der Waals surface area contributed by atoms with Gasteiger partial charge in [-0.1, -0.05) is 71.4 Å². The van der Waals surface area contributed by atoms with Gasteiger partial charge in [-0.05, 0) is 103 Å². The smallest absolute Gasteiger partial charge is 0.338 e. The third kappa shape index (κ3) is 7.60. The van der Waals surface area contributed by atoms with E-state index in [2.05, 4.69) is 40.7 Å². The Balaban J connectivity index is 1.10. The van der Waals surface area contributed by atoms with Crippen LogP contribution in [0.15, 0.2) is 42.0 Å². The van der Waals surface area contributed by atoms with Crippen molar-refractivity contribution in [3.63, 3.8) is 0 Å². The highest BCUT2D eigenvalue weighted by Gasteiger charge is 2.72. The highest BCUT2D eigenvalue weighted by molar-refractivity contribution is 5.89. The van der Waals surface area contributed by atoms with E-state index in [-0.39, 0.29) is 41.8 Å². The molecule has 6 fully saturated rings. The number of ether oxygens (including phenoxy) is 5. The molecule has 2 aliphatic heterocycles. The van der Waals surface area contributed by atoms with Gasteiger partial charge in [-0.2, -0.15) is 0 Å². The van der Waals surface area contributed by atoms with Crippen LogP contribution in [0, 0.1) is 50.2 Å². The van der Waals surface area contributed by atoms with E-state index < -0.39 is 121 Å². The zero-order valence-corrected chi connectivity index (χ0v) is 38.6. The quantitative estimate of drug-likeness (QED) is 0.0907. The first kappa shape index (κ1) is 49.3. The number of aliphatic hydroxyl groups is 10. The summed E-state index contributed by atoms with van der Waals surface area (Å²) in [6.07, 6.45) is -10.9. The van der Waals surface area contributed by atoms with Gasteiger partial charge < -0.3 is 74.7 Å². The van der Waals surface area contributed by atoms with Gasteiger partial charge in [0.05, 0.1) is 44.2 Å². The molecule has 21 atom stereocenters. The molecule has 1 aromatic rings. The molecule has 1 unspecified atom stereocenters. The molecule has 0 amide bonds. The number of aliphatic hydroxyl groups excluding tert-OH is 10. The van der Waals surface area contributed by atoms with Crippen LogP contribution in [0.5, 0.6) is 0 Å². The molecule has 1 aromatic carbocycles. The van der Waals surface area contributed by atoms with Gasteiger partial charge in [-0.25, -0.2) is 4.79 Å². The van der Waals surface area contributed by atoms with Crippen LogP contribution < -0.4 is 0 Å². The van der Waals surface area contributed by atoms with Crippen molar-refractivity contribution in [1.82, 2.24) is 0 Å². The molecule has 0 radical (unpaired) electrons. The van der Waals surface area contributed by atoms with Crippen LogP contribution in [0.3, 0.4) is 0 Å². The topological polar surface area (TPSA) is 266 Å². The summed E-state index contributed by atoms with van der Waals surface area (Å²) >= 11 is 0. The fourth-order valence-electron chi connectivity index (χ4n) is 14.7. The molecule has 16 heteroatoms. The average Bonchev–Trinajstić information content (AvgIpc) is 3.28. The minimum atomic E-state index is -1.82. The maximum atomic E-state index is 13.9. The van der Waals surface area contributed by atoms with Gasteiger partial charge in [0.15, 0.2) is 12.6 Å². The first-order valence-corrected chi connectivity index (χ1v) is 23.7. The molecule has 366 valence electrons. The second-order valence-electron chi connectivity index (χ2n) is 22.4. The molecule has 10 N–H and O–H groups in total. The highest BCUT2D eigenvalue weighted by Crippen LogP contribution is 2.76. The van der Waals surface area contributed by atoms with Gasteiger partial charge in [0.1, 0.15) is 54.9 Å². The van der Waals surface area contributed by atoms with Crippen molar-refractivity contribution in [2.24, 2.45) is 50.2 Å². The number of carbonyl (C=O) groups excluding carboxylic acids is 1. The number of hydrogen-bond acceptors (Lipinski definition) is 16. The second kappa shape index (κ2) is 17.7. The van der Waals surface area contributed by atoms with Gasteiger partial charge in [-0.3, -0.25) is 0 Å². The summed E-state index contributed by atoms with van der Waals surface area (Å²) in [5.74, 6) is -0.604. The zero-order chi connectivity index (χ0) is 47.2. The molecule has 2 heterocycles. The Morgan fingerprint density at radius 2 is 1.34 bits per heavy atom. The van der Waals surface area contributed by atoms with E-state index in [1.54, 1.807) is 24.3 Å². The Labute approximate surface area is 381 Å². The van der Waals surface area contributed by atoms with Crippen LogP contribution in [0.2, 0.25) is 0 Å². The fourth-order valence-corrected chi connectivity index (χ4v) is 14.7. The maximum Gasteiger partial charge on any atom is 0.338 e. The van der Waals surface area contributed by atoms with E-state index in [1.807, 2.05) is 13.0 Å². The number of carbonyl (C=O) groups is 1. The van der Waals surface area contributed by atoms with Gasteiger partial charge in [0, 0.05) is 10.8 Å². The van der Waals surface area contributed by atoms with E-state index in [0.29, 0.717) is 44.1 Å². The second-order valence-corrected chi connectivity index (χ2v) is 22.4. The predicted octanol–water partition coefficient (Wildman–Crippen LogP) is 1.57. The van der Waals surface area contributed by atoms with Crippen molar-refractivity contribution in [2.45, 2.75) is 173 Å². The number of hydrogen-bond donors (Lipinski definition) is 10. The van der Waals surface area contributed by atoms with E-state index in [1.165, 1.54) is 5.57 Å². The largest absolute Gasteiger partial charge is 0.458 e. The SMILES string of the molecule is CC1(C)C[C@@H]2C3=CCC4[C@]5(C)CC[C@H](O[C@@H]6O[C@H](CO)[C@@H](O)[C@H](O)[C@H]6O[C@@H]6O[C@H](CO)[C@@H](O)[C@H](O)[C@H]6O)[C@@](C)(CO)[C@H]5CC[C@]4(C)[C@]3(C)C[C@H](OC(=O)c3ccccc3)[C@@]2(CO)C[C@H]1O. The summed E-state index contributed by atoms with van der Waals surface area (Å²) in [4.78, 5) is 13.9. The number of allylic oxidation sites excluding steroid dienone is 2. The van der Waals surface area contributed by atoms with Crippen LogP contribution in [0.25, 0.3) is 0 Å². The third-order valence-corrected chi connectivity index (χ3v) is 18.9. The van der Waals surface area contributed by atoms with E-state index >= 15 is 0 Å². The first-order valence-electron chi connectivity index (χ1n) is 23.7. The van der Waals surface area contributed by atoms with Gasteiger partial charge in [0.25, 0.3) is 0 Å². The normalized spacial score (nSPS) is 50.5. The summed E-state index contributed by atoms with van der Waals surface area (Å²) in [6, 6.07) is 8.88. The molecule has 0 aromatic heterocycles. The molecule has 7 aliphatic rings. The third-order valence-electron chi connectivity index (χ3n) is 18.9. The van der Waals surface area contributed by atoms with Gasteiger partial charge in [-0.15, -0.1) is 0 Å². The van der Waals surface area contributed by atoms with Gasteiger partial charge >= 0.3 is 5.97 Å². The number of fused-ring (bicyclic) bond motifs is 7. The molecule has 0 spiro atoms. The molecule has 65 heavy (non-hydrogen) atoms. The van der Waals surface area contributed by atoms with Gasteiger partial charge in [0.2, 0.25) is 0 Å². The molecule has 0 bridgehead atoms. The molecule has 2 saturated heterocycles. The maximum absolute atomic E-state index is 13.9. The number of rotatable bonds is 10. The standard InChI is InChI=1S/C49H74O16/c1-44(2)18-27-26-12-13-31-45(3)16-15-33(64-43-40(38(58)36(56)29(22-51)62-43)65-42-39(59)37(57)35(55)28(21-50)61-42)46(4,23-52)30(45)14-17-47(31,5)48(26,6)20-34(49(27,24-53)19-32(44)54)63-41(60)25-10-8-7-9-11-25/h7-12,27-40,42-43,50-59H,13-24H2,1-6H3/t27-,28-,29-,30+,31?,32-,33+,34+,35-,36-,37+,38+,39-,40-,42+,43+,45-,46+,47+,48-,49-/m1/s1. The summed E-state index contributed by atoms with van der Waals surface area (Å²) in [5, 5.41) is 109. The lowest BCUT2D eigenvalue weighted by atomic mass is 9.33. The summed E-state index contributed by atoms with van der Waals surface area (Å²) in [5.41, 5.74) is -1.68. The lowest BCUT2D eigenvalue weighted by Crippen LogP contribution is -2.69. The van der Waals surface area contributed by atoms with E-state index in [9.17, 15) is 55.9 Å². The Morgan fingerprint density at radius 3 is 1.97 bits per heavy atom. The van der Waals surface area contributed by atoms with Crippen molar-refractivity contribution >= 4 is 5.97 Å². The van der Waals surface area contributed by atoms with Crippen LogP contribution >= 0.6 is 0 Å². The minimum Gasteiger partial charge on any atom is -0.458 e. The Kier molecular flexibility index (Phi) is 13.4. The number of esters is 1. The molecule has 4 saturated carbocycles. The highest BCUT2D eigenvalue weighted by atomic mass is 16.8. The van der Waals surface area contributed by atoms with Crippen LogP contribution in [-0.4, -0.2) is 163 Å². The van der Waals surface area contributed by atoms with Crippen molar-refractivity contribution in [3.8, 4) is 0 Å². The number of benzene rings is 1. The van der Waals surface area contributed by atoms with Crippen molar-refractivity contribution < 1.29 is 79.5 Å². The minimum absolute atomic E-state index is 0.0940. The molecule has 8 rings (SSSR count). The molecule has 16 nitrogen and oxygen atoms in total. The lowest BCUT2D eigenvalue weighted by Gasteiger charge is -2.72. The average molecular weight is 919 g/mol. The van der Waals surface area contributed by atoms with E-state index in [0.717, 1.165) is 12.8 Å². The Hall–Kier alpha value is -2.13. The summed E-state index contributed by atoms with van der Waals surface area (Å²) < 4.78 is 31.0. The molecule has 5 aliphatic carbocycles. The Bertz CT molecular complexity index is 1900. The zero-order valence-electron chi connectivity index (χ0n) is 38.6. The van der Waals surface area contributed by atoms with Crippen LogP contribution in [0.4, 0.5) is 0 Å². The monoisotopic (exact) mass is 918 g/mol. The van der Waals surface area contributed by atoms with E-state index in [4.69, 9.17) is 23.7 Å². The molecular weight excluding hydrogens is 845 g/mol. The fraction of sp³-hybridized carbons (Fsp3) is 0.816. The van der Waals surface area contributed by atoms with Crippen molar-refractivity contribution in [3.05, 3.63) is 47.5 Å².